The Morgan fingerprint density at radius 3 is 2.61 bits per heavy atom. The number of nitrogens with one attached hydrogen (secondary N) is 1. The minimum absolute atomic E-state index is 0.0601. The maximum Gasteiger partial charge on any atom is 0.307 e. The third kappa shape index (κ3) is 5.63. The van der Waals surface area contributed by atoms with Gasteiger partial charge in [0.05, 0.1) is 19.6 Å². The zero-order chi connectivity index (χ0) is 16.7. The lowest BCUT2D eigenvalue weighted by molar-refractivity contribution is -0.141. The molecule has 1 heterocycles. The van der Waals surface area contributed by atoms with Crippen LogP contribution in [0.3, 0.4) is 0 Å². The number of rotatable bonds is 7. The Labute approximate surface area is 139 Å². The van der Waals surface area contributed by atoms with E-state index >= 15 is 0 Å². The van der Waals surface area contributed by atoms with Crippen LogP contribution in [0.5, 0.6) is 0 Å². The smallest absolute Gasteiger partial charge is 0.307 e. The van der Waals surface area contributed by atoms with Crippen molar-refractivity contribution in [1.29, 1.82) is 0 Å². The Hall–Kier alpha value is -1.96. The van der Waals surface area contributed by atoms with Gasteiger partial charge in [-0.15, -0.1) is 11.3 Å². The molecule has 0 radical (unpaired) electrons. The molecule has 23 heavy (non-hydrogen) atoms. The van der Waals surface area contributed by atoms with Crippen molar-refractivity contribution in [3.63, 3.8) is 0 Å². The number of carbonyl (C=O) groups excluding carboxylic acids is 1. The van der Waals surface area contributed by atoms with Gasteiger partial charge in [-0.2, -0.15) is 0 Å². The van der Waals surface area contributed by atoms with Gasteiger partial charge in [0.1, 0.15) is 0 Å². The van der Waals surface area contributed by atoms with Crippen LogP contribution in [0.15, 0.2) is 53.3 Å². The van der Waals surface area contributed by atoms with Crippen molar-refractivity contribution in [1.82, 2.24) is 4.72 Å². The second-order valence-corrected chi connectivity index (χ2v) is 7.30. The van der Waals surface area contributed by atoms with Crippen LogP contribution < -0.4 is 4.72 Å². The van der Waals surface area contributed by atoms with Crippen molar-refractivity contribution in [2.24, 2.45) is 0 Å². The first-order chi connectivity index (χ1) is 11.0. The zero-order valence-corrected chi connectivity index (χ0v) is 14.1. The summed E-state index contributed by atoms with van der Waals surface area (Å²) in [6.45, 7) is 0. The molecule has 0 amide bonds. The normalized spacial score (nSPS) is 13.1. The summed E-state index contributed by atoms with van der Waals surface area (Å²) in [6.07, 6.45) is 1.45. The summed E-state index contributed by atoms with van der Waals surface area (Å²) >= 11 is 1.38. The van der Waals surface area contributed by atoms with Gasteiger partial charge in [-0.1, -0.05) is 36.4 Å². The molecule has 1 aromatic carbocycles. The van der Waals surface area contributed by atoms with Crippen LogP contribution in [0.4, 0.5) is 0 Å². The van der Waals surface area contributed by atoms with Gasteiger partial charge in [0, 0.05) is 10.3 Å². The van der Waals surface area contributed by atoms with Crippen molar-refractivity contribution < 1.29 is 17.9 Å². The van der Waals surface area contributed by atoms with E-state index in [9.17, 15) is 13.2 Å². The van der Waals surface area contributed by atoms with Gasteiger partial charge >= 0.3 is 5.97 Å². The molecule has 1 unspecified atom stereocenters. The van der Waals surface area contributed by atoms with Crippen molar-refractivity contribution >= 4 is 33.4 Å². The van der Waals surface area contributed by atoms with Crippen LogP contribution in [0, 0.1) is 0 Å². The molecule has 0 saturated heterocycles. The van der Waals surface area contributed by atoms with E-state index in [1.165, 1.54) is 24.5 Å². The molecule has 0 aliphatic carbocycles. The molecule has 1 N–H and O–H groups in total. The Morgan fingerprint density at radius 1 is 1.26 bits per heavy atom. The molecule has 2 rings (SSSR count). The average Bonchev–Trinajstić information content (AvgIpc) is 3.07. The first kappa shape index (κ1) is 17.4. The predicted molar refractivity (Wildman–Crippen MR) is 91.2 cm³/mol. The third-order valence-electron chi connectivity index (χ3n) is 3.03. The highest BCUT2D eigenvalue weighted by Crippen LogP contribution is 2.23. The SMILES string of the molecule is COC(=O)CC(NS(=O)(=O)/C=C/c1ccccc1)c1cccs1. The molecule has 0 aliphatic rings. The van der Waals surface area contributed by atoms with E-state index in [-0.39, 0.29) is 6.42 Å². The molecule has 0 fully saturated rings. The van der Waals surface area contributed by atoms with E-state index in [2.05, 4.69) is 9.46 Å². The number of benzene rings is 1. The van der Waals surface area contributed by atoms with Gasteiger partial charge in [0.15, 0.2) is 0 Å². The van der Waals surface area contributed by atoms with E-state index in [0.29, 0.717) is 0 Å². The monoisotopic (exact) mass is 351 g/mol. The quantitative estimate of drug-likeness (QED) is 0.779. The summed E-state index contributed by atoms with van der Waals surface area (Å²) in [4.78, 5) is 12.3. The molecule has 5 nitrogen and oxygen atoms in total. The topological polar surface area (TPSA) is 72.5 Å². The van der Waals surface area contributed by atoms with Crippen molar-refractivity contribution in [2.45, 2.75) is 12.5 Å². The lowest BCUT2D eigenvalue weighted by Gasteiger charge is -2.15. The number of esters is 1. The number of ether oxygens (including phenoxy) is 1. The molecule has 0 saturated carbocycles. The number of hydrogen-bond donors (Lipinski definition) is 1. The standard InChI is InChI=1S/C16H17NO4S2/c1-21-16(18)12-14(15-8-5-10-22-15)17-23(19,20)11-9-13-6-3-2-4-7-13/h2-11,14,17H,12H2,1H3/b11-9+. The molecule has 0 aliphatic heterocycles. The molecule has 0 bridgehead atoms. The van der Waals surface area contributed by atoms with Gasteiger partial charge in [-0.05, 0) is 23.1 Å². The fourth-order valence-electron chi connectivity index (χ4n) is 1.91. The van der Waals surface area contributed by atoms with Crippen molar-refractivity contribution in [3.05, 3.63) is 63.7 Å². The highest BCUT2D eigenvalue weighted by molar-refractivity contribution is 7.92. The zero-order valence-electron chi connectivity index (χ0n) is 12.5. The second-order valence-electron chi connectivity index (χ2n) is 4.72. The van der Waals surface area contributed by atoms with Gasteiger partial charge in [-0.25, -0.2) is 13.1 Å². The van der Waals surface area contributed by atoms with Crippen LogP contribution in [-0.2, 0) is 19.6 Å². The number of thiophene rings is 1. The fourth-order valence-corrected chi connectivity index (χ4v) is 3.78. The molecule has 7 heteroatoms. The van der Waals surface area contributed by atoms with E-state index in [1.54, 1.807) is 24.3 Å². The summed E-state index contributed by atoms with van der Waals surface area (Å²) in [7, 11) is -2.42. The van der Waals surface area contributed by atoms with Crippen molar-refractivity contribution in [2.75, 3.05) is 7.11 Å². The highest BCUT2D eigenvalue weighted by atomic mass is 32.2. The van der Waals surface area contributed by atoms with E-state index in [1.807, 2.05) is 23.6 Å². The van der Waals surface area contributed by atoms with Crippen LogP contribution in [0.1, 0.15) is 22.9 Å². The Bertz CT molecular complexity index is 753. The average molecular weight is 351 g/mol. The molecule has 2 aromatic rings. The lowest BCUT2D eigenvalue weighted by Crippen LogP contribution is -2.28. The summed E-state index contributed by atoms with van der Waals surface area (Å²) in [5, 5.41) is 2.92. The van der Waals surface area contributed by atoms with E-state index in [4.69, 9.17) is 0 Å². The van der Waals surface area contributed by atoms with Gasteiger partial charge < -0.3 is 4.74 Å². The fraction of sp³-hybridized carbons (Fsp3) is 0.188. The summed E-state index contributed by atoms with van der Waals surface area (Å²) in [5.41, 5.74) is 0.776. The molecular weight excluding hydrogens is 334 g/mol. The highest BCUT2D eigenvalue weighted by Gasteiger charge is 2.22. The van der Waals surface area contributed by atoms with Crippen LogP contribution in [-0.4, -0.2) is 21.5 Å². The van der Waals surface area contributed by atoms with E-state index < -0.39 is 22.0 Å². The molecular formula is C16H17NO4S2. The van der Waals surface area contributed by atoms with Crippen LogP contribution >= 0.6 is 11.3 Å². The second kappa shape index (κ2) is 8.05. The largest absolute Gasteiger partial charge is 0.469 e. The first-order valence-corrected chi connectivity index (χ1v) is 9.28. The Balaban J connectivity index is 2.14. The summed E-state index contributed by atoms with van der Waals surface area (Å²) in [6, 6.07) is 12.0. The first-order valence-electron chi connectivity index (χ1n) is 6.86. The predicted octanol–water partition coefficient (Wildman–Crippen LogP) is 2.94. The summed E-state index contributed by atoms with van der Waals surface area (Å²) < 4.78 is 31.6. The maximum absolute atomic E-state index is 12.2. The Morgan fingerprint density at radius 2 is 2.00 bits per heavy atom. The third-order valence-corrected chi connectivity index (χ3v) is 5.12. The number of carbonyl (C=O) groups is 1. The van der Waals surface area contributed by atoms with Crippen LogP contribution in [0.2, 0.25) is 0 Å². The number of hydrogen-bond acceptors (Lipinski definition) is 5. The molecule has 122 valence electrons. The number of sulfonamides is 1. The van der Waals surface area contributed by atoms with Crippen LogP contribution in [0.25, 0.3) is 6.08 Å². The molecule has 0 spiro atoms. The number of methoxy groups -OCH3 is 1. The minimum Gasteiger partial charge on any atom is -0.469 e. The van der Waals surface area contributed by atoms with Crippen molar-refractivity contribution in [3.8, 4) is 0 Å². The van der Waals surface area contributed by atoms with Gasteiger partial charge in [0.25, 0.3) is 0 Å². The van der Waals surface area contributed by atoms with Gasteiger partial charge in [0.2, 0.25) is 10.0 Å². The van der Waals surface area contributed by atoms with Gasteiger partial charge in [-0.3, -0.25) is 4.79 Å². The lowest BCUT2D eigenvalue weighted by atomic mass is 10.2. The Kier molecular flexibility index (Phi) is 6.09. The minimum atomic E-state index is -3.69. The van der Waals surface area contributed by atoms with E-state index in [0.717, 1.165) is 15.8 Å². The molecule has 1 aromatic heterocycles. The molecule has 1 atom stereocenters. The summed E-state index contributed by atoms with van der Waals surface area (Å²) in [5.74, 6) is -0.474. The maximum atomic E-state index is 12.2.